The molecular formula is C15H21ClN2O2. The Morgan fingerprint density at radius 1 is 1.20 bits per heavy atom. The summed E-state index contributed by atoms with van der Waals surface area (Å²) in [7, 11) is 0. The molecule has 1 aromatic carbocycles. The zero-order valence-corrected chi connectivity index (χ0v) is 12.3. The molecule has 20 heavy (non-hydrogen) atoms. The lowest BCUT2D eigenvalue weighted by Gasteiger charge is -2.23. The standard InChI is InChI=1S/C15H20N2O2.ClH/c16-11-13-7-4-10-17(13)15(19)9-8-14(18)12-5-2-1-3-6-12;/h1-3,5-6,13H,4,7-11,16H2;1H. The minimum absolute atomic E-state index is 0. The van der Waals surface area contributed by atoms with Crippen molar-refractivity contribution in [2.45, 2.75) is 31.7 Å². The summed E-state index contributed by atoms with van der Waals surface area (Å²) in [6.07, 6.45) is 2.55. The van der Waals surface area contributed by atoms with Crippen molar-refractivity contribution in [3.63, 3.8) is 0 Å². The maximum atomic E-state index is 12.1. The number of carbonyl (C=O) groups excluding carboxylic acids is 2. The largest absolute Gasteiger partial charge is 0.338 e. The van der Waals surface area contributed by atoms with Gasteiger partial charge in [-0.25, -0.2) is 0 Å². The van der Waals surface area contributed by atoms with E-state index < -0.39 is 0 Å². The van der Waals surface area contributed by atoms with E-state index >= 15 is 0 Å². The van der Waals surface area contributed by atoms with Crippen LogP contribution in [0.5, 0.6) is 0 Å². The Balaban J connectivity index is 0.00000200. The average Bonchev–Trinajstić information content (AvgIpc) is 2.93. The van der Waals surface area contributed by atoms with Crippen molar-refractivity contribution in [3.05, 3.63) is 35.9 Å². The fraction of sp³-hybridized carbons (Fsp3) is 0.467. The lowest BCUT2D eigenvalue weighted by Crippen LogP contribution is -2.39. The van der Waals surface area contributed by atoms with Crippen LogP contribution in [0.15, 0.2) is 30.3 Å². The molecule has 1 aliphatic rings. The molecule has 1 fully saturated rings. The van der Waals surface area contributed by atoms with Gasteiger partial charge in [-0.1, -0.05) is 30.3 Å². The molecule has 2 N–H and O–H groups in total. The molecule has 1 aromatic rings. The summed E-state index contributed by atoms with van der Waals surface area (Å²) >= 11 is 0. The Morgan fingerprint density at radius 2 is 1.90 bits per heavy atom. The quantitative estimate of drug-likeness (QED) is 0.846. The van der Waals surface area contributed by atoms with E-state index in [1.54, 1.807) is 12.1 Å². The minimum Gasteiger partial charge on any atom is -0.338 e. The van der Waals surface area contributed by atoms with Crippen LogP contribution in [0.25, 0.3) is 0 Å². The Bertz CT molecular complexity index is 450. The second kappa shape index (κ2) is 8.02. The van der Waals surface area contributed by atoms with Gasteiger partial charge in [0.05, 0.1) is 0 Å². The normalized spacial score (nSPS) is 17.6. The van der Waals surface area contributed by atoms with Gasteiger partial charge in [0.25, 0.3) is 0 Å². The SMILES string of the molecule is Cl.NCC1CCCN1C(=O)CCC(=O)c1ccccc1. The first kappa shape index (κ1) is 16.7. The molecule has 110 valence electrons. The summed E-state index contributed by atoms with van der Waals surface area (Å²) in [6, 6.07) is 9.27. The van der Waals surface area contributed by atoms with Gasteiger partial charge < -0.3 is 10.6 Å². The van der Waals surface area contributed by atoms with E-state index in [4.69, 9.17) is 5.73 Å². The third-order valence-electron chi connectivity index (χ3n) is 3.63. The fourth-order valence-electron chi connectivity index (χ4n) is 2.54. The van der Waals surface area contributed by atoms with E-state index in [2.05, 4.69) is 0 Å². The molecule has 0 spiro atoms. The molecule has 1 saturated heterocycles. The number of benzene rings is 1. The van der Waals surface area contributed by atoms with Gasteiger partial charge in [-0.2, -0.15) is 0 Å². The highest BCUT2D eigenvalue weighted by atomic mass is 35.5. The van der Waals surface area contributed by atoms with E-state index in [0.29, 0.717) is 12.1 Å². The van der Waals surface area contributed by atoms with Gasteiger partial charge in [0.2, 0.25) is 5.91 Å². The molecule has 2 rings (SSSR count). The van der Waals surface area contributed by atoms with Crippen molar-refractivity contribution in [1.82, 2.24) is 4.90 Å². The second-order valence-electron chi connectivity index (χ2n) is 4.91. The predicted molar refractivity (Wildman–Crippen MR) is 81.0 cm³/mol. The smallest absolute Gasteiger partial charge is 0.223 e. The van der Waals surface area contributed by atoms with Crippen molar-refractivity contribution < 1.29 is 9.59 Å². The Hall–Kier alpha value is -1.39. The maximum Gasteiger partial charge on any atom is 0.223 e. The van der Waals surface area contributed by atoms with Crippen LogP contribution in [-0.4, -0.2) is 35.7 Å². The lowest BCUT2D eigenvalue weighted by atomic mass is 10.1. The monoisotopic (exact) mass is 296 g/mol. The first-order valence-corrected chi connectivity index (χ1v) is 6.80. The summed E-state index contributed by atoms with van der Waals surface area (Å²) < 4.78 is 0. The number of halogens is 1. The van der Waals surface area contributed by atoms with Crippen molar-refractivity contribution in [2.75, 3.05) is 13.1 Å². The molecule has 0 radical (unpaired) electrons. The fourth-order valence-corrected chi connectivity index (χ4v) is 2.54. The molecule has 5 heteroatoms. The van der Waals surface area contributed by atoms with Crippen LogP contribution in [0.1, 0.15) is 36.0 Å². The molecule has 0 aliphatic carbocycles. The topological polar surface area (TPSA) is 63.4 Å². The van der Waals surface area contributed by atoms with Gasteiger partial charge in [-0.3, -0.25) is 9.59 Å². The van der Waals surface area contributed by atoms with Crippen LogP contribution in [0, 0.1) is 0 Å². The Kier molecular flexibility index (Phi) is 6.68. The second-order valence-corrected chi connectivity index (χ2v) is 4.91. The van der Waals surface area contributed by atoms with E-state index in [1.807, 2.05) is 23.1 Å². The van der Waals surface area contributed by atoms with Crippen molar-refractivity contribution >= 4 is 24.1 Å². The number of nitrogens with two attached hydrogens (primary N) is 1. The molecule has 0 bridgehead atoms. The van der Waals surface area contributed by atoms with Crippen LogP contribution >= 0.6 is 12.4 Å². The number of likely N-dealkylation sites (tertiary alicyclic amines) is 1. The molecule has 0 saturated carbocycles. The van der Waals surface area contributed by atoms with Crippen molar-refractivity contribution in [3.8, 4) is 0 Å². The van der Waals surface area contributed by atoms with Crippen LogP contribution in [0.2, 0.25) is 0 Å². The Labute approximate surface area is 125 Å². The summed E-state index contributed by atoms with van der Waals surface area (Å²) in [5.41, 5.74) is 6.32. The number of nitrogens with zero attached hydrogens (tertiary/aromatic N) is 1. The van der Waals surface area contributed by atoms with Gasteiger partial charge in [-0.05, 0) is 12.8 Å². The lowest BCUT2D eigenvalue weighted by molar-refractivity contribution is -0.131. The van der Waals surface area contributed by atoms with E-state index in [9.17, 15) is 9.59 Å². The molecular weight excluding hydrogens is 276 g/mol. The molecule has 1 amide bonds. The summed E-state index contributed by atoms with van der Waals surface area (Å²) in [5, 5.41) is 0. The number of Topliss-reactive ketones (excluding diaryl/α,β-unsaturated/α-hetero) is 1. The number of carbonyl (C=O) groups is 2. The zero-order valence-electron chi connectivity index (χ0n) is 11.5. The van der Waals surface area contributed by atoms with E-state index in [1.165, 1.54) is 0 Å². The van der Waals surface area contributed by atoms with Crippen LogP contribution < -0.4 is 5.73 Å². The van der Waals surface area contributed by atoms with Gasteiger partial charge in [0.1, 0.15) is 0 Å². The zero-order chi connectivity index (χ0) is 13.7. The number of ketones is 1. The molecule has 1 aliphatic heterocycles. The highest BCUT2D eigenvalue weighted by Gasteiger charge is 2.27. The minimum atomic E-state index is 0. The first-order chi connectivity index (χ1) is 9.22. The van der Waals surface area contributed by atoms with Crippen molar-refractivity contribution in [1.29, 1.82) is 0 Å². The van der Waals surface area contributed by atoms with Crippen molar-refractivity contribution in [2.24, 2.45) is 5.73 Å². The Morgan fingerprint density at radius 3 is 2.55 bits per heavy atom. The van der Waals surface area contributed by atoms with Gasteiger partial charge >= 0.3 is 0 Å². The van der Waals surface area contributed by atoms with Crippen LogP contribution in [0.3, 0.4) is 0 Å². The average molecular weight is 297 g/mol. The number of rotatable bonds is 5. The highest BCUT2D eigenvalue weighted by molar-refractivity contribution is 5.97. The van der Waals surface area contributed by atoms with Crippen LogP contribution in [0.4, 0.5) is 0 Å². The molecule has 1 atom stereocenters. The maximum absolute atomic E-state index is 12.1. The first-order valence-electron chi connectivity index (χ1n) is 6.80. The van der Waals surface area contributed by atoms with E-state index in [-0.39, 0.29) is 43.0 Å². The predicted octanol–water partition coefficient (Wildman–Crippen LogP) is 2.02. The summed E-state index contributed by atoms with van der Waals surface area (Å²) in [4.78, 5) is 25.8. The molecule has 1 unspecified atom stereocenters. The molecule has 4 nitrogen and oxygen atoms in total. The van der Waals surface area contributed by atoms with Crippen LogP contribution in [-0.2, 0) is 4.79 Å². The number of hydrogen-bond donors (Lipinski definition) is 1. The highest BCUT2D eigenvalue weighted by Crippen LogP contribution is 2.18. The van der Waals surface area contributed by atoms with Gasteiger partial charge in [-0.15, -0.1) is 12.4 Å². The molecule has 1 heterocycles. The third kappa shape index (κ3) is 4.05. The number of amides is 1. The van der Waals surface area contributed by atoms with Gasteiger partial charge in [0, 0.05) is 37.5 Å². The summed E-state index contributed by atoms with van der Waals surface area (Å²) in [6.45, 7) is 1.29. The summed E-state index contributed by atoms with van der Waals surface area (Å²) in [5.74, 6) is 0.0784. The number of hydrogen-bond acceptors (Lipinski definition) is 3. The third-order valence-corrected chi connectivity index (χ3v) is 3.63. The van der Waals surface area contributed by atoms with E-state index in [0.717, 1.165) is 19.4 Å². The molecule has 0 aromatic heterocycles. The van der Waals surface area contributed by atoms with Gasteiger partial charge in [0.15, 0.2) is 5.78 Å².